The van der Waals surface area contributed by atoms with Gasteiger partial charge in [0.2, 0.25) is 5.91 Å². The summed E-state index contributed by atoms with van der Waals surface area (Å²) in [7, 11) is 1.54. The molecule has 0 spiro atoms. The third-order valence-electron chi connectivity index (χ3n) is 4.57. The van der Waals surface area contributed by atoms with Gasteiger partial charge in [0.15, 0.2) is 11.5 Å². The lowest BCUT2D eigenvalue weighted by Crippen LogP contribution is -2.27. The number of fused-ring (bicyclic) bond motifs is 1. The van der Waals surface area contributed by atoms with Gasteiger partial charge < -0.3 is 14.8 Å². The van der Waals surface area contributed by atoms with Crippen molar-refractivity contribution in [2.75, 3.05) is 13.7 Å². The lowest BCUT2D eigenvalue weighted by molar-refractivity contribution is -0.122. The van der Waals surface area contributed by atoms with Gasteiger partial charge in [0.25, 0.3) is 0 Å². The van der Waals surface area contributed by atoms with Crippen molar-refractivity contribution in [3.63, 3.8) is 0 Å². The zero-order chi connectivity index (χ0) is 18.4. The van der Waals surface area contributed by atoms with Crippen molar-refractivity contribution >= 4 is 5.91 Å². The van der Waals surface area contributed by atoms with Crippen molar-refractivity contribution in [2.45, 2.75) is 31.7 Å². The maximum Gasteiger partial charge on any atom is 0.220 e. The molecule has 2 aromatic rings. The fourth-order valence-corrected chi connectivity index (χ4v) is 3.24. The Bertz CT molecular complexity index is 826. The van der Waals surface area contributed by atoms with Crippen molar-refractivity contribution in [3.05, 3.63) is 59.2 Å². The molecule has 1 unspecified atom stereocenters. The third kappa shape index (κ3) is 4.15. The van der Waals surface area contributed by atoms with Crippen LogP contribution >= 0.6 is 0 Å². The SMILES string of the molecule is COc1cc(C#N)ccc1OCCCC(=O)NC1CCc2ccccc21. The van der Waals surface area contributed by atoms with E-state index >= 15 is 0 Å². The fraction of sp³-hybridized carbons (Fsp3) is 0.333. The molecule has 1 aliphatic carbocycles. The Labute approximate surface area is 153 Å². The number of ether oxygens (including phenoxy) is 2. The second-order valence-electron chi connectivity index (χ2n) is 6.29. The van der Waals surface area contributed by atoms with E-state index in [9.17, 15) is 4.79 Å². The number of nitrogens with zero attached hydrogens (tertiary/aromatic N) is 1. The summed E-state index contributed by atoms with van der Waals surface area (Å²) in [5.41, 5.74) is 3.08. The molecule has 3 rings (SSSR count). The number of amides is 1. The Morgan fingerprint density at radius 1 is 1.27 bits per heavy atom. The lowest BCUT2D eigenvalue weighted by Gasteiger charge is -2.14. The summed E-state index contributed by atoms with van der Waals surface area (Å²) in [5, 5.41) is 12.0. The molecule has 0 aliphatic heterocycles. The Balaban J connectivity index is 1.44. The van der Waals surface area contributed by atoms with Crippen LogP contribution in [0.25, 0.3) is 0 Å². The molecule has 1 amide bonds. The molecule has 0 aromatic heterocycles. The number of carbonyl (C=O) groups excluding carboxylic acids is 1. The number of hydrogen-bond donors (Lipinski definition) is 1. The first-order valence-electron chi connectivity index (χ1n) is 8.79. The molecule has 5 nitrogen and oxygen atoms in total. The predicted octanol–water partition coefficient (Wildman–Crippen LogP) is 3.53. The fourth-order valence-electron chi connectivity index (χ4n) is 3.24. The number of aryl methyl sites for hydroxylation is 1. The Hall–Kier alpha value is -3.00. The van der Waals surface area contributed by atoms with E-state index in [2.05, 4.69) is 23.5 Å². The predicted molar refractivity (Wildman–Crippen MR) is 98.1 cm³/mol. The summed E-state index contributed by atoms with van der Waals surface area (Å²) in [6, 6.07) is 15.5. The first-order chi connectivity index (χ1) is 12.7. The summed E-state index contributed by atoms with van der Waals surface area (Å²) < 4.78 is 10.9. The van der Waals surface area contributed by atoms with Gasteiger partial charge in [0, 0.05) is 12.5 Å². The maximum absolute atomic E-state index is 12.2. The second-order valence-corrected chi connectivity index (χ2v) is 6.29. The van der Waals surface area contributed by atoms with Crippen LogP contribution < -0.4 is 14.8 Å². The van der Waals surface area contributed by atoms with E-state index in [-0.39, 0.29) is 11.9 Å². The van der Waals surface area contributed by atoms with Crippen molar-refractivity contribution in [1.29, 1.82) is 5.26 Å². The standard InChI is InChI=1S/C21H22N2O3/c1-25-20-13-15(14-22)8-11-19(20)26-12-4-7-21(24)23-18-10-9-16-5-2-3-6-17(16)18/h2-3,5-6,8,11,13,18H,4,7,9-10,12H2,1H3,(H,23,24). The molecule has 0 bridgehead atoms. The summed E-state index contributed by atoms with van der Waals surface area (Å²) in [4.78, 5) is 12.2. The lowest BCUT2D eigenvalue weighted by atomic mass is 10.1. The van der Waals surface area contributed by atoms with Crippen LogP contribution in [0, 0.1) is 11.3 Å². The number of methoxy groups -OCH3 is 1. The smallest absolute Gasteiger partial charge is 0.220 e. The highest BCUT2D eigenvalue weighted by Crippen LogP contribution is 2.31. The first kappa shape index (κ1) is 17.8. The summed E-state index contributed by atoms with van der Waals surface area (Å²) in [6.45, 7) is 0.414. The highest BCUT2D eigenvalue weighted by molar-refractivity contribution is 5.76. The Morgan fingerprint density at radius 3 is 2.92 bits per heavy atom. The quantitative estimate of drug-likeness (QED) is 0.776. The van der Waals surface area contributed by atoms with Crippen LogP contribution in [-0.4, -0.2) is 19.6 Å². The summed E-state index contributed by atoms with van der Waals surface area (Å²) in [6.07, 6.45) is 3.01. The van der Waals surface area contributed by atoms with Crippen LogP contribution in [-0.2, 0) is 11.2 Å². The molecular weight excluding hydrogens is 328 g/mol. The zero-order valence-electron chi connectivity index (χ0n) is 14.8. The molecule has 2 aromatic carbocycles. The second kappa shape index (κ2) is 8.39. The molecule has 0 heterocycles. The average molecular weight is 350 g/mol. The van der Waals surface area contributed by atoms with E-state index < -0.39 is 0 Å². The molecule has 5 heteroatoms. The van der Waals surface area contributed by atoms with E-state index in [0.717, 1.165) is 12.8 Å². The molecule has 26 heavy (non-hydrogen) atoms. The van der Waals surface area contributed by atoms with Crippen molar-refractivity contribution in [2.24, 2.45) is 0 Å². The van der Waals surface area contributed by atoms with Crippen LogP contribution in [0.4, 0.5) is 0 Å². The van der Waals surface area contributed by atoms with Crippen LogP contribution in [0.5, 0.6) is 11.5 Å². The molecule has 0 fully saturated rings. The van der Waals surface area contributed by atoms with Crippen molar-refractivity contribution in [1.82, 2.24) is 5.32 Å². The average Bonchev–Trinajstić information content (AvgIpc) is 3.08. The molecule has 134 valence electrons. The number of nitriles is 1. The molecule has 1 N–H and O–H groups in total. The number of rotatable bonds is 7. The van der Waals surface area contributed by atoms with E-state index in [1.165, 1.54) is 18.2 Å². The van der Waals surface area contributed by atoms with E-state index in [0.29, 0.717) is 36.5 Å². The molecule has 0 radical (unpaired) electrons. The Kier molecular flexibility index (Phi) is 5.75. The van der Waals surface area contributed by atoms with E-state index in [1.54, 1.807) is 18.2 Å². The van der Waals surface area contributed by atoms with Crippen molar-refractivity contribution < 1.29 is 14.3 Å². The molecule has 1 atom stereocenters. The van der Waals surface area contributed by atoms with Gasteiger partial charge in [0.1, 0.15) is 0 Å². The van der Waals surface area contributed by atoms with Crippen LogP contribution in [0.3, 0.4) is 0 Å². The van der Waals surface area contributed by atoms with Gasteiger partial charge >= 0.3 is 0 Å². The number of carbonyl (C=O) groups is 1. The highest BCUT2D eigenvalue weighted by Gasteiger charge is 2.23. The maximum atomic E-state index is 12.2. The minimum absolute atomic E-state index is 0.0436. The first-order valence-corrected chi connectivity index (χ1v) is 8.79. The largest absolute Gasteiger partial charge is 0.493 e. The number of benzene rings is 2. The van der Waals surface area contributed by atoms with Crippen LogP contribution in [0.15, 0.2) is 42.5 Å². The van der Waals surface area contributed by atoms with Gasteiger partial charge in [-0.1, -0.05) is 24.3 Å². The monoisotopic (exact) mass is 350 g/mol. The van der Waals surface area contributed by atoms with Gasteiger partial charge in [-0.25, -0.2) is 0 Å². The van der Waals surface area contributed by atoms with E-state index in [4.69, 9.17) is 14.7 Å². The minimum Gasteiger partial charge on any atom is -0.493 e. The summed E-state index contributed by atoms with van der Waals surface area (Å²) in [5.74, 6) is 1.15. The van der Waals surface area contributed by atoms with Gasteiger partial charge in [0.05, 0.1) is 31.4 Å². The Morgan fingerprint density at radius 2 is 2.12 bits per heavy atom. The molecule has 0 saturated carbocycles. The number of hydrogen-bond acceptors (Lipinski definition) is 4. The molecule has 0 saturated heterocycles. The van der Waals surface area contributed by atoms with Crippen molar-refractivity contribution in [3.8, 4) is 17.6 Å². The molecule has 1 aliphatic rings. The van der Waals surface area contributed by atoms with Crippen LogP contribution in [0.1, 0.15) is 42.0 Å². The minimum atomic E-state index is 0.0436. The topological polar surface area (TPSA) is 71.3 Å². The highest BCUT2D eigenvalue weighted by atomic mass is 16.5. The van der Waals surface area contributed by atoms with Crippen LogP contribution in [0.2, 0.25) is 0 Å². The normalized spacial score (nSPS) is 15.0. The van der Waals surface area contributed by atoms with Gasteiger partial charge in [-0.15, -0.1) is 0 Å². The number of nitrogens with one attached hydrogen (secondary N) is 1. The summed E-state index contributed by atoms with van der Waals surface area (Å²) >= 11 is 0. The van der Waals surface area contributed by atoms with Gasteiger partial charge in [-0.3, -0.25) is 4.79 Å². The molecular formula is C21H22N2O3. The zero-order valence-corrected chi connectivity index (χ0v) is 14.8. The third-order valence-corrected chi connectivity index (χ3v) is 4.57. The van der Waals surface area contributed by atoms with Gasteiger partial charge in [-0.05, 0) is 42.5 Å². The van der Waals surface area contributed by atoms with Gasteiger partial charge in [-0.2, -0.15) is 5.26 Å². The van der Waals surface area contributed by atoms with E-state index in [1.807, 2.05) is 12.1 Å².